The quantitative estimate of drug-likeness (QED) is 0.672. The van der Waals surface area contributed by atoms with E-state index >= 15 is 0 Å². The molecule has 0 saturated carbocycles. The minimum absolute atomic E-state index is 0.153. The maximum absolute atomic E-state index is 12.4. The van der Waals surface area contributed by atoms with Gasteiger partial charge in [-0.25, -0.2) is 0 Å². The fraction of sp³-hybridized carbons (Fsp3) is 0.579. The molecule has 0 aliphatic carbocycles. The van der Waals surface area contributed by atoms with E-state index < -0.39 is 0 Å². The summed E-state index contributed by atoms with van der Waals surface area (Å²) < 4.78 is 7.95. The smallest absolute Gasteiger partial charge is 0.235 e. The van der Waals surface area contributed by atoms with E-state index in [9.17, 15) is 4.79 Å². The molecule has 1 amide bonds. The highest BCUT2D eigenvalue weighted by Gasteiger charge is 2.25. The Hall–Kier alpha value is -2.09. The molecule has 10 heteroatoms. The molecule has 1 unspecified atom stereocenters. The van der Waals surface area contributed by atoms with Crippen molar-refractivity contribution >= 4 is 40.0 Å². The minimum Gasteiger partial charge on any atom is -0.376 e. The molecule has 2 saturated heterocycles. The van der Waals surface area contributed by atoms with Gasteiger partial charge in [-0.1, -0.05) is 11.8 Å². The van der Waals surface area contributed by atoms with Crippen molar-refractivity contribution in [1.82, 2.24) is 14.8 Å². The van der Waals surface area contributed by atoms with Crippen molar-refractivity contribution < 1.29 is 9.53 Å². The van der Waals surface area contributed by atoms with Crippen LogP contribution in [0.5, 0.6) is 0 Å². The second-order valence-electron chi connectivity index (χ2n) is 7.19. The molecule has 8 nitrogen and oxygen atoms in total. The molecule has 0 spiro atoms. The van der Waals surface area contributed by atoms with Crippen LogP contribution in [-0.2, 0) is 16.1 Å². The van der Waals surface area contributed by atoms with Crippen LogP contribution in [0.3, 0.4) is 0 Å². The van der Waals surface area contributed by atoms with E-state index in [1.54, 1.807) is 11.4 Å². The van der Waals surface area contributed by atoms with E-state index in [0.29, 0.717) is 17.1 Å². The molecular weight excluding hydrogens is 408 g/mol. The predicted octanol–water partition coefficient (Wildman–Crippen LogP) is 3.11. The molecule has 29 heavy (non-hydrogen) atoms. The van der Waals surface area contributed by atoms with Crippen LogP contribution in [0, 0.1) is 11.3 Å². The van der Waals surface area contributed by atoms with Gasteiger partial charge in [-0.15, -0.1) is 21.5 Å². The highest BCUT2D eigenvalue weighted by Crippen LogP contribution is 2.28. The first-order valence-electron chi connectivity index (χ1n) is 9.94. The number of nitrogens with zero attached hydrogens (tertiary/aromatic N) is 5. The summed E-state index contributed by atoms with van der Waals surface area (Å²) in [6.07, 6.45) is 5.88. The zero-order valence-corrected chi connectivity index (χ0v) is 17.8. The van der Waals surface area contributed by atoms with Gasteiger partial charge in [-0.3, -0.25) is 9.36 Å². The number of hydrogen-bond acceptors (Lipinski definition) is 8. The second kappa shape index (κ2) is 9.61. The van der Waals surface area contributed by atoms with Crippen molar-refractivity contribution in [2.24, 2.45) is 0 Å². The molecule has 1 atom stereocenters. The lowest BCUT2D eigenvalue weighted by Crippen LogP contribution is -2.33. The van der Waals surface area contributed by atoms with Gasteiger partial charge in [0.2, 0.25) is 11.9 Å². The number of nitrogens with one attached hydrogen (secondary N) is 1. The Morgan fingerprint density at radius 2 is 2.21 bits per heavy atom. The van der Waals surface area contributed by atoms with E-state index in [1.807, 2.05) is 0 Å². The van der Waals surface area contributed by atoms with Gasteiger partial charge >= 0.3 is 0 Å². The number of rotatable bonds is 7. The molecule has 1 N–H and O–H groups in total. The van der Waals surface area contributed by atoms with E-state index in [-0.39, 0.29) is 17.8 Å². The summed E-state index contributed by atoms with van der Waals surface area (Å²) in [4.78, 5) is 14.7. The van der Waals surface area contributed by atoms with Gasteiger partial charge in [0.25, 0.3) is 0 Å². The summed E-state index contributed by atoms with van der Waals surface area (Å²) >= 11 is 2.73. The number of hydrogen-bond donors (Lipinski definition) is 1. The van der Waals surface area contributed by atoms with E-state index in [0.717, 1.165) is 43.6 Å². The van der Waals surface area contributed by atoms with Crippen molar-refractivity contribution in [3.8, 4) is 6.07 Å². The molecule has 0 aromatic carbocycles. The van der Waals surface area contributed by atoms with Gasteiger partial charge < -0.3 is 15.0 Å². The molecule has 154 valence electrons. The lowest BCUT2D eigenvalue weighted by Gasteiger charge is -2.28. The molecule has 4 rings (SSSR count). The number of anilines is 2. The molecule has 0 bridgehead atoms. The predicted molar refractivity (Wildman–Crippen MR) is 113 cm³/mol. The lowest BCUT2D eigenvalue weighted by atomic mass is 10.1. The van der Waals surface area contributed by atoms with Crippen molar-refractivity contribution in [3.63, 3.8) is 0 Å². The summed E-state index contributed by atoms with van der Waals surface area (Å²) in [5.74, 6) is 0.945. The molecule has 2 aromatic rings. The Morgan fingerprint density at radius 3 is 2.97 bits per heavy atom. The van der Waals surface area contributed by atoms with Crippen LogP contribution < -0.4 is 10.2 Å². The number of ether oxygens (including phenoxy) is 1. The zero-order valence-electron chi connectivity index (χ0n) is 16.2. The van der Waals surface area contributed by atoms with Crippen LogP contribution in [0.2, 0.25) is 0 Å². The summed E-state index contributed by atoms with van der Waals surface area (Å²) in [5, 5.41) is 23.9. The lowest BCUT2D eigenvalue weighted by molar-refractivity contribution is -0.113. The first-order valence-corrected chi connectivity index (χ1v) is 11.8. The minimum atomic E-state index is -0.153. The Bertz CT molecular complexity index is 878. The van der Waals surface area contributed by atoms with Crippen LogP contribution in [0.25, 0.3) is 0 Å². The topological polar surface area (TPSA) is 96.1 Å². The molecule has 2 fully saturated rings. The van der Waals surface area contributed by atoms with E-state index in [2.05, 4.69) is 31.1 Å². The molecule has 4 heterocycles. The zero-order chi connectivity index (χ0) is 20.1. The number of carbonyl (C=O) groups is 1. The average Bonchev–Trinajstić information content (AvgIpc) is 3.49. The number of nitriles is 1. The second-order valence-corrected chi connectivity index (χ2v) is 9.05. The summed E-state index contributed by atoms with van der Waals surface area (Å²) in [7, 11) is 0. The maximum atomic E-state index is 12.4. The van der Waals surface area contributed by atoms with Crippen LogP contribution in [0.1, 0.15) is 37.7 Å². The fourth-order valence-corrected chi connectivity index (χ4v) is 5.15. The van der Waals surface area contributed by atoms with Gasteiger partial charge in [0.15, 0.2) is 5.16 Å². The molecule has 2 aromatic heterocycles. The fourth-order valence-electron chi connectivity index (χ4n) is 3.65. The standard InChI is InChI=1S/C19H24N6O2S2/c20-11-14-6-10-28-17(14)21-16(26)13-29-19-23-22-18(24-7-2-1-3-8-24)25(19)12-15-5-4-9-27-15/h6,10,15H,1-5,7-9,12-13H2,(H,21,26). The molecule has 0 radical (unpaired) electrons. The first kappa shape index (κ1) is 20.2. The van der Waals surface area contributed by atoms with Crippen LogP contribution in [0.4, 0.5) is 10.9 Å². The van der Waals surface area contributed by atoms with Gasteiger partial charge in [0.1, 0.15) is 11.1 Å². The van der Waals surface area contributed by atoms with E-state index in [4.69, 9.17) is 10.00 Å². The largest absolute Gasteiger partial charge is 0.376 e. The normalized spacial score (nSPS) is 19.3. The number of aromatic nitrogens is 3. The van der Waals surface area contributed by atoms with Crippen LogP contribution in [0.15, 0.2) is 16.6 Å². The Kier molecular flexibility index (Phi) is 6.69. The van der Waals surface area contributed by atoms with Crippen molar-refractivity contribution in [1.29, 1.82) is 5.26 Å². The monoisotopic (exact) mass is 432 g/mol. The van der Waals surface area contributed by atoms with E-state index in [1.165, 1.54) is 42.4 Å². The SMILES string of the molecule is N#Cc1ccsc1NC(=O)CSc1nnc(N2CCCCC2)n1CC1CCCO1. The Labute approximate surface area is 178 Å². The first-order chi connectivity index (χ1) is 14.2. The van der Waals surface area contributed by atoms with Crippen LogP contribution >= 0.6 is 23.1 Å². The number of piperidine rings is 1. The average molecular weight is 433 g/mol. The van der Waals surface area contributed by atoms with Gasteiger partial charge in [0.05, 0.1) is 24.0 Å². The third-order valence-corrected chi connectivity index (χ3v) is 6.91. The number of thioether (sulfide) groups is 1. The molecular formula is C19H24N6O2S2. The van der Waals surface area contributed by atoms with Gasteiger partial charge in [-0.05, 0) is 43.6 Å². The molecule has 2 aliphatic rings. The van der Waals surface area contributed by atoms with Crippen LogP contribution in [-0.4, -0.2) is 52.2 Å². The number of amides is 1. The van der Waals surface area contributed by atoms with Gasteiger partial charge in [-0.2, -0.15) is 5.26 Å². The van der Waals surface area contributed by atoms with Crippen molar-refractivity contribution in [2.75, 3.05) is 35.7 Å². The summed E-state index contributed by atoms with van der Waals surface area (Å²) in [6.45, 7) is 3.50. The molecule has 2 aliphatic heterocycles. The summed E-state index contributed by atoms with van der Waals surface area (Å²) in [6, 6.07) is 3.79. The van der Waals surface area contributed by atoms with Gasteiger partial charge in [0, 0.05) is 19.7 Å². The van der Waals surface area contributed by atoms with Crippen molar-refractivity contribution in [2.45, 2.75) is 49.9 Å². The highest BCUT2D eigenvalue weighted by atomic mass is 32.2. The highest BCUT2D eigenvalue weighted by molar-refractivity contribution is 7.99. The number of carbonyl (C=O) groups excluding carboxylic acids is 1. The third-order valence-electron chi connectivity index (χ3n) is 5.12. The summed E-state index contributed by atoms with van der Waals surface area (Å²) in [5.41, 5.74) is 0.488. The van der Waals surface area contributed by atoms with Crippen molar-refractivity contribution in [3.05, 3.63) is 17.0 Å². The Morgan fingerprint density at radius 1 is 1.34 bits per heavy atom. The third kappa shape index (κ3) is 4.91. The number of thiophene rings is 1. The maximum Gasteiger partial charge on any atom is 0.235 e. The Balaban J connectivity index is 1.44.